The lowest BCUT2D eigenvalue weighted by Gasteiger charge is -2.43. The van der Waals surface area contributed by atoms with Gasteiger partial charge in [-0.05, 0) is 61.9 Å². The minimum absolute atomic E-state index is 0.00289. The number of aliphatic hydroxyl groups excluding tert-OH is 1. The van der Waals surface area contributed by atoms with Crippen molar-refractivity contribution in [2.24, 2.45) is 0 Å². The van der Waals surface area contributed by atoms with Crippen molar-refractivity contribution in [1.82, 2.24) is 10.3 Å². The molecule has 0 aromatic heterocycles. The molecule has 0 spiro atoms. The molecule has 5 rings (SSSR count). The van der Waals surface area contributed by atoms with Crippen molar-refractivity contribution < 1.29 is 53.6 Å². The fourth-order valence-electron chi connectivity index (χ4n) is 6.35. The molecule has 1 saturated heterocycles. The Balaban J connectivity index is 1.21. The first kappa shape index (κ1) is 36.1. The van der Waals surface area contributed by atoms with Crippen LogP contribution in [0.15, 0.2) is 48.5 Å². The second-order valence-electron chi connectivity index (χ2n) is 12.3. The molecule has 1 amide bonds. The van der Waals surface area contributed by atoms with Crippen LogP contribution in [0.1, 0.15) is 44.1 Å². The highest BCUT2D eigenvalue weighted by molar-refractivity contribution is 5.68. The molecule has 266 valence electrons. The van der Waals surface area contributed by atoms with Crippen LogP contribution in [-0.2, 0) is 30.4 Å². The summed E-state index contributed by atoms with van der Waals surface area (Å²) in [6.07, 6.45) is 1.52. The molecule has 2 aromatic rings. The minimum atomic E-state index is -0.997. The fraction of sp³-hybridized carbons (Fsp3) is 0.618. The van der Waals surface area contributed by atoms with Crippen LogP contribution in [-0.4, -0.2) is 122 Å². The van der Waals surface area contributed by atoms with Crippen molar-refractivity contribution in [1.29, 1.82) is 0 Å². The number of hydrogen-bond acceptors (Lipinski definition) is 13. The Labute approximate surface area is 281 Å². The summed E-state index contributed by atoms with van der Waals surface area (Å²) in [7, 11) is 1.70. The maximum absolute atomic E-state index is 13.0. The summed E-state index contributed by atoms with van der Waals surface area (Å²) in [6.45, 7) is 3.31. The lowest BCUT2D eigenvalue weighted by Crippen LogP contribution is -2.59. The van der Waals surface area contributed by atoms with Crippen LogP contribution in [0.5, 0.6) is 11.5 Å². The van der Waals surface area contributed by atoms with Gasteiger partial charge in [0.05, 0.1) is 62.7 Å². The van der Waals surface area contributed by atoms with Crippen LogP contribution < -0.4 is 14.4 Å². The molecule has 3 unspecified atom stereocenters. The number of carbonyl (C=O) groups excluding carboxylic acids is 1. The van der Waals surface area contributed by atoms with E-state index in [4.69, 9.17) is 38.8 Å². The molecular formula is C34H49N3O11. The predicted molar refractivity (Wildman–Crippen MR) is 172 cm³/mol. The SMILES string of the molecule is COCCCN1CCOc2ccc(COC3CN(C(=O)OCCCON(O)O)CC(O)C3OC3CCC(Oc4ccccc4)CC3)cc21. The zero-order chi connectivity index (χ0) is 33.7. The van der Waals surface area contributed by atoms with E-state index < -0.39 is 24.4 Å². The van der Waals surface area contributed by atoms with Gasteiger partial charge in [0.15, 0.2) is 0 Å². The van der Waals surface area contributed by atoms with Gasteiger partial charge in [0.1, 0.15) is 36.4 Å². The first-order valence-corrected chi connectivity index (χ1v) is 16.8. The molecule has 14 heteroatoms. The van der Waals surface area contributed by atoms with E-state index in [2.05, 4.69) is 15.8 Å². The number of likely N-dealkylation sites (tertiary alicyclic amines) is 1. The molecule has 2 aromatic carbocycles. The van der Waals surface area contributed by atoms with Crippen molar-refractivity contribution in [3.05, 3.63) is 54.1 Å². The molecule has 3 N–H and O–H groups in total. The van der Waals surface area contributed by atoms with E-state index in [1.54, 1.807) is 7.11 Å². The van der Waals surface area contributed by atoms with Crippen LogP contribution in [0.3, 0.4) is 0 Å². The van der Waals surface area contributed by atoms with Gasteiger partial charge in [-0.25, -0.2) is 4.79 Å². The van der Waals surface area contributed by atoms with Crippen molar-refractivity contribution in [3.8, 4) is 11.5 Å². The number of carbonyl (C=O) groups is 1. The number of amides is 1. The number of methoxy groups -OCH3 is 1. The van der Waals surface area contributed by atoms with Crippen molar-refractivity contribution in [2.75, 3.05) is 64.6 Å². The predicted octanol–water partition coefficient (Wildman–Crippen LogP) is 3.80. The van der Waals surface area contributed by atoms with Gasteiger partial charge >= 0.3 is 6.09 Å². The van der Waals surface area contributed by atoms with Gasteiger partial charge in [-0.2, -0.15) is 0 Å². The normalized spacial score (nSPS) is 24.2. The number of β-amino-alcohol motifs (C(OH)–C–C–N with tert-alkyl or cyclic N) is 1. The van der Waals surface area contributed by atoms with Crippen molar-refractivity contribution >= 4 is 11.8 Å². The average Bonchev–Trinajstić information content (AvgIpc) is 3.09. The van der Waals surface area contributed by atoms with Gasteiger partial charge in [-0.15, -0.1) is 0 Å². The van der Waals surface area contributed by atoms with E-state index in [9.17, 15) is 9.90 Å². The van der Waals surface area contributed by atoms with E-state index >= 15 is 0 Å². The fourth-order valence-corrected chi connectivity index (χ4v) is 6.35. The third-order valence-corrected chi connectivity index (χ3v) is 8.77. The summed E-state index contributed by atoms with van der Waals surface area (Å²) >= 11 is 0. The summed E-state index contributed by atoms with van der Waals surface area (Å²) in [5, 5.41) is 28.2. The molecule has 2 fully saturated rings. The largest absolute Gasteiger partial charge is 0.490 e. The Morgan fingerprint density at radius 2 is 1.77 bits per heavy atom. The van der Waals surface area contributed by atoms with E-state index in [1.807, 2.05) is 42.5 Å². The number of fused-ring (bicyclic) bond motifs is 1. The number of aliphatic hydroxyl groups is 1. The van der Waals surface area contributed by atoms with E-state index in [0.717, 1.165) is 67.9 Å². The summed E-state index contributed by atoms with van der Waals surface area (Å²) < 4.78 is 35.7. The molecule has 2 heterocycles. The van der Waals surface area contributed by atoms with Crippen molar-refractivity contribution in [3.63, 3.8) is 0 Å². The zero-order valence-corrected chi connectivity index (χ0v) is 27.6. The van der Waals surface area contributed by atoms with E-state index in [0.29, 0.717) is 13.2 Å². The van der Waals surface area contributed by atoms with Crippen LogP contribution in [0.4, 0.5) is 10.5 Å². The van der Waals surface area contributed by atoms with Gasteiger partial charge < -0.3 is 43.3 Å². The lowest BCUT2D eigenvalue weighted by atomic mass is 9.93. The Morgan fingerprint density at radius 3 is 2.54 bits per heavy atom. The summed E-state index contributed by atoms with van der Waals surface area (Å²) in [5.41, 5.74) is 1.94. The summed E-state index contributed by atoms with van der Waals surface area (Å²) in [6, 6.07) is 15.8. The monoisotopic (exact) mass is 675 g/mol. The maximum Gasteiger partial charge on any atom is 0.409 e. The Hall–Kier alpha value is -3.21. The first-order chi connectivity index (χ1) is 23.4. The number of ether oxygens (including phenoxy) is 6. The highest BCUT2D eigenvalue weighted by Gasteiger charge is 2.42. The Kier molecular flexibility index (Phi) is 13.9. The molecule has 0 radical (unpaired) electrons. The topological polar surface area (TPSA) is 152 Å². The maximum atomic E-state index is 13.0. The molecule has 48 heavy (non-hydrogen) atoms. The molecule has 0 bridgehead atoms. The smallest absolute Gasteiger partial charge is 0.409 e. The second kappa shape index (κ2) is 18.5. The average molecular weight is 676 g/mol. The van der Waals surface area contributed by atoms with Gasteiger partial charge in [0.25, 0.3) is 0 Å². The van der Waals surface area contributed by atoms with Crippen LogP contribution in [0.2, 0.25) is 0 Å². The number of anilines is 1. The van der Waals surface area contributed by atoms with E-state index in [-0.39, 0.29) is 56.9 Å². The highest BCUT2D eigenvalue weighted by atomic mass is 17.1. The summed E-state index contributed by atoms with van der Waals surface area (Å²) in [4.78, 5) is 21.2. The molecular weight excluding hydrogens is 626 g/mol. The highest BCUT2D eigenvalue weighted by Crippen LogP contribution is 2.34. The zero-order valence-electron chi connectivity index (χ0n) is 27.6. The number of rotatable bonds is 16. The van der Waals surface area contributed by atoms with Gasteiger partial charge in [0.2, 0.25) is 0 Å². The Bertz CT molecular complexity index is 1250. The number of para-hydroxylation sites is 1. The third-order valence-electron chi connectivity index (χ3n) is 8.77. The molecule has 1 aliphatic carbocycles. The van der Waals surface area contributed by atoms with Crippen LogP contribution >= 0.6 is 0 Å². The molecule has 2 aliphatic heterocycles. The van der Waals surface area contributed by atoms with Gasteiger partial charge in [-0.1, -0.05) is 24.3 Å². The Morgan fingerprint density at radius 1 is 0.979 bits per heavy atom. The standard InChI is InChI=1S/C34H49N3O11/c1-42-17-5-15-35-16-20-43-31-14-9-25(21-29(31)35)24-45-32-23-36(34(39)44-18-6-19-46-37(40)41)22-30(38)33(32)48-28-12-10-27(11-13-28)47-26-7-3-2-4-8-26/h2-4,7-9,14,21,27-28,30,32-33,38,40-41H,5-6,10-13,15-20,22-24H2,1H3. The molecule has 14 nitrogen and oxygen atoms in total. The number of hydrogen-bond donors (Lipinski definition) is 3. The number of benzene rings is 2. The minimum Gasteiger partial charge on any atom is -0.490 e. The quantitative estimate of drug-likeness (QED) is 0.175. The lowest BCUT2D eigenvalue weighted by molar-refractivity contribution is -0.492. The van der Waals surface area contributed by atoms with Crippen LogP contribution in [0.25, 0.3) is 0 Å². The van der Waals surface area contributed by atoms with Crippen LogP contribution in [0, 0.1) is 0 Å². The van der Waals surface area contributed by atoms with Gasteiger partial charge in [0, 0.05) is 26.7 Å². The third kappa shape index (κ3) is 10.6. The first-order valence-electron chi connectivity index (χ1n) is 16.8. The second-order valence-corrected chi connectivity index (χ2v) is 12.3. The van der Waals surface area contributed by atoms with E-state index in [1.165, 1.54) is 4.90 Å². The van der Waals surface area contributed by atoms with Gasteiger partial charge in [-0.3, -0.25) is 15.3 Å². The number of nitrogens with zero attached hydrogens (tertiary/aromatic N) is 3. The molecule has 3 atom stereocenters. The summed E-state index contributed by atoms with van der Waals surface area (Å²) in [5.74, 6) is 1.68. The molecule has 1 saturated carbocycles. The van der Waals surface area contributed by atoms with Crippen molar-refractivity contribution in [2.45, 2.75) is 75.7 Å². The number of piperidine rings is 1. The molecule has 3 aliphatic rings.